The molecule has 1 aliphatic rings. The van der Waals surface area contributed by atoms with E-state index in [0.717, 1.165) is 19.0 Å². The average molecular weight is 235 g/mol. The highest BCUT2D eigenvalue weighted by Gasteiger charge is 2.22. The fraction of sp³-hybridized carbons (Fsp3) is 0.571. The van der Waals surface area contributed by atoms with Crippen molar-refractivity contribution < 1.29 is 9.47 Å². The van der Waals surface area contributed by atoms with Crippen LogP contribution in [0.3, 0.4) is 0 Å². The second-order valence-electron chi connectivity index (χ2n) is 4.76. The van der Waals surface area contributed by atoms with Crippen LogP contribution in [0, 0.1) is 13.8 Å². The van der Waals surface area contributed by atoms with Crippen LogP contribution in [0.15, 0.2) is 12.1 Å². The Morgan fingerprint density at radius 1 is 1.24 bits per heavy atom. The molecule has 0 saturated carbocycles. The Morgan fingerprint density at radius 2 is 2.00 bits per heavy atom. The number of nitrogens with one attached hydrogen (secondary N) is 1. The van der Waals surface area contributed by atoms with Crippen LogP contribution >= 0.6 is 0 Å². The van der Waals surface area contributed by atoms with Gasteiger partial charge in [0.25, 0.3) is 0 Å². The molecule has 0 amide bonds. The number of hydrogen-bond donors (Lipinski definition) is 1. The lowest BCUT2D eigenvalue weighted by molar-refractivity contribution is 0.0502. The minimum absolute atomic E-state index is 0.295. The van der Waals surface area contributed by atoms with Gasteiger partial charge in [-0.2, -0.15) is 0 Å². The van der Waals surface area contributed by atoms with E-state index in [2.05, 4.69) is 32.2 Å². The Balaban J connectivity index is 2.29. The van der Waals surface area contributed by atoms with Crippen LogP contribution in [-0.4, -0.2) is 26.4 Å². The number of morpholine rings is 1. The molecule has 0 bridgehead atoms. The van der Waals surface area contributed by atoms with Crippen LogP contribution in [0.1, 0.15) is 29.7 Å². The fourth-order valence-corrected chi connectivity index (χ4v) is 2.40. The molecule has 1 heterocycles. The largest absolute Gasteiger partial charge is 0.496 e. The first kappa shape index (κ1) is 12.4. The van der Waals surface area contributed by atoms with Crippen molar-refractivity contribution in [2.45, 2.75) is 32.9 Å². The molecule has 1 aliphatic heterocycles. The van der Waals surface area contributed by atoms with Crippen molar-refractivity contribution in [2.75, 3.05) is 20.3 Å². The second kappa shape index (κ2) is 5.07. The van der Waals surface area contributed by atoms with E-state index >= 15 is 0 Å². The molecule has 0 aromatic heterocycles. The van der Waals surface area contributed by atoms with Crippen LogP contribution in [-0.2, 0) is 4.74 Å². The van der Waals surface area contributed by atoms with E-state index in [1.54, 1.807) is 7.11 Å². The zero-order valence-electron chi connectivity index (χ0n) is 11.0. The summed E-state index contributed by atoms with van der Waals surface area (Å²) in [6, 6.07) is 4.89. The van der Waals surface area contributed by atoms with Gasteiger partial charge >= 0.3 is 0 Å². The van der Waals surface area contributed by atoms with Gasteiger partial charge in [0.05, 0.1) is 26.4 Å². The Kier molecular flexibility index (Phi) is 3.69. The molecule has 2 atom stereocenters. The van der Waals surface area contributed by atoms with Crippen molar-refractivity contribution in [3.05, 3.63) is 28.8 Å². The molecule has 0 spiro atoms. The lowest BCUT2D eigenvalue weighted by Crippen LogP contribution is -2.42. The van der Waals surface area contributed by atoms with Gasteiger partial charge < -0.3 is 14.8 Å². The van der Waals surface area contributed by atoms with Crippen LogP contribution < -0.4 is 10.1 Å². The summed E-state index contributed by atoms with van der Waals surface area (Å²) in [4.78, 5) is 0. The fourth-order valence-electron chi connectivity index (χ4n) is 2.40. The summed E-state index contributed by atoms with van der Waals surface area (Å²) >= 11 is 0. The third kappa shape index (κ3) is 2.45. The van der Waals surface area contributed by atoms with Gasteiger partial charge in [-0.05, 0) is 43.5 Å². The third-order valence-electron chi connectivity index (χ3n) is 3.51. The lowest BCUT2D eigenvalue weighted by atomic mass is 9.96. The van der Waals surface area contributed by atoms with Gasteiger partial charge in [-0.15, -0.1) is 0 Å². The van der Waals surface area contributed by atoms with Crippen molar-refractivity contribution in [1.29, 1.82) is 0 Å². The number of rotatable bonds is 2. The number of hydrogen-bond acceptors (Lipinski definition) is 3. The van der Waals surface area contributed by atoms with E-state index in [1.807, 2.05) is 6.07 Å². The molecule has 1 aromatic rings. The predicted molar refractivity (Wildman–Crippen MR) is 68.6 cm³/mol. The lowest BCUT2D eigenvalue weighted by Gasteiger charge is -2.30. The van der Waals surface area contributed by atoms with Gasteiger partial charge in [0.1, 0.15) is 5.75 Å². The first-order valence-electron chi connectivity index (χ1n) is 6.11. The van der Waals surface area contributed by atoms with Crippen molar-refractivity contribution in [3.8, 4) is 5.75 Å². The highest BCUT2D eigenvalue weighted by atomic mass is 16.5. The van der Waals surface area contributed by atoms with Crippen LogP contribution in [0.5, 0.6) is 5.75 Å². The number of benzene rings is 1. The summed E-state index contributed by atoms with van der Waals surface area (Å²) in [5.41, 5.74) is 3.82. The zero-order valence-corrected chi connectivity index (χ0v) is 11.0. The Labute approximate surface area is 103 Å². The molecule has 0 aliphatic carbocycles. The molecule has 3 heteroatoms. The Morgan fingerprint density at radius 3 is 2.65 bits per heavy atom. The van der Waals surface area contributed by atoms with E-state index in [4.69, 9.17) is 9.47 Å². The monoisotopic (exact) mass is 235 g/mol. The van der Waals surface area contributed by atoms with E-state index in [9.17, 15) is 0 Å². The van der Waals surface area contributed by atoms with Crippen molar-refractivity contribution in [1.82, 2.24) is 5.32 Å². The number of ether oxygens (including phenoxy) is 2. The molecule has 1 N–H and O–H groups in total. The topological polar surface area (TPSA) is 30.5 Å². The maximum atomic E-state index is 5.61. The molecule has 2 unspecified atom stereocenters. The molecule has 3 nitrogen and oxygen atoms in total. The van der Waals surface area contributed by atoms with E-state index in [0.29, 0.717) is 12.1 Å². The first-order chi connectivity index (χ1) is 8.13. The summed E-state index contributed by atoms with van der Waals surface area (Å²) in [6.07, 6.45) is 0. The molecule has 2 rings (SSSR count). The minimum atomic E-state index is 0.295. The Hall–Kier alpha value is -1.06. The summed E-state index contributed by atoms with van der Waals surface area (Å²) in [7, 11) is 1.71. The van der Waals surface area contributed by atoms with E-state index in [-0.39, 0.29) is 0 Å². The molecular weight excluding hydrogens is 214 g/mol. The summed E-state index contributed by atoms with van der Waals surface area (Å²) < 4.78 is 10.9. The normalized spacial score (nSPS) is 24.7. The molecule has 1 fully saturated rings. The van der Waals surface area contributed by atoms with E-state index in [1.165, 1.54) is 16.7 Å². The first-order valence-corrected chi connectivity index (χ1v) is 6.11. The molecule has 1 saturated heterocycles. The highest BCUT2D eigenvalue weighted by molar-refractivity contribution is 5.44. The van der Waals surface area contributed by atoms with Gasteiger partial charge in [-0.1, -0.05) is 6.07 Å². The SMILES string of the molecule is COc1ccc(C2COCC(C)N2)c(C)c1C. The maximum Gasteiger partial charge on any atom is 0.122 e. The quantitative estimate of drug-likeness (QED) is 0.853. The summed E-state index contributed by atoms with van der Waals surface area (Å²) in [5, 5.41) is 3.57. The van der Waals surface area contributed by atoms with Crippen LogP contribution in [0.4, 0.5) is 0 Å². The van der Waals surface area contributed by atoms with Crippen molar-refractivity contribution >= 4 is 0 Å². The van der Waals surface area contributed by atoms with E-state index < -0.39 is 0 Å². The van der Waals surface area contributed by atoms with Crippen molar-refractivity contribution in [3.63, 3.8) is 0 Å². The third-order valence-corrected chi connectivity index (χ3v) is 3.51. The Bertz CT molecular complexity index is 403. The zero-order chi connectivity index (χ0) is 12.4. The molecule has 94 valence electrons. The molecule has 1 aromatic carbocycles. The van der Waals surface area contributed by atoms with Crippen LogP contribution in [0.2, 0.25) is 0 Å². The smallest absolute Gasteiger partial charge is 0.122 e. The highest BCUT2D eigenvalue weighted by Crippen LogP contribution is 2.29. The summed E-state index contributed by atoms with van der Waals surface area (Å²) in [6.45, 7) is 7.94. The standard InChI is InChI=1S/C14H21NO2/c1-9-7-17-8-13(15-9)12-5-6-14(16-4)11(3)10(12)2/h5-6,9,13,15H,7-8H2,1-4H3. The van der Waals surface area contributed by atoms with Crippen LogP contribution in [0.25, 0.3) is 0 Å². The molecular formula is C14H21NO2. The predicted octanol–water partition coefficient (Wildman–Crippen LogP) is 2.36. The van der Waals surface area contributed by atoms with Crippen molar-refractivity contribution in [2.24, 2.45) is 0 Å². The van der Waals surface area contributed by atoms with Gasteiger partial charge in [0, 0.05) is 6.04 Å². The summed E-state index contributed by atoms with van der Waals surface area (Å²) in [5.74, 6) is 0.955. The van der Waals surface area contributed by atoms with Gasteiger partial charge in [-0.25, -0.2) is 0 Å². The van der Waals surface area contributed by atoms with Gasteiger partial charge in [0.2, 0.25) is 0 Å². The van der Waals surface area contributed by atoms with Gasteiger partial charge in [0.15, 0.2) is 0 Å². The minimum Gasteiger partial charge on any atom is -0.496 e. The average Bonchev–Trinajstić information content (AvgIpc) is 2.32. The molecule has 17 heavy (non-hydrogen) atoms. The van der Waals surface area contributed by atoms with Gasteiger partial charge in [-0.3, -0.25) is 0 Å². The maximum absolute atomic E-state index is 5.61. The molecule has 0 radical (unpaired) electrons. The number of methoxy groups -OCH3 is 1. The second-order valence-corrected chi connectivity index (χ2v) is 4.76.